The summed E-state index contributed by atoms with van der Waals surface area (Å²) >= 11 is 0.993. The average Bonchev–Trinajstić information content (AvgIpc) is 0.893. The third-order valence-electron chi connectivity index (χ3n) is 12.1. The lowest BCUT2D eigenvalue weighted by Crippen LogP contribution is -3.63. The Balaban J connectivity index is -0.000000180. The highest BCUT2D eigenvalue weighted by molar-refractivity contribution is 5.25. The van der Waals surface area contributed by atoms with E-state index in [0.29, 0.717) is 103 Å². The van der Waals surface area contributed by atoms with Crippen LogP contribution in [0.1, 0.15) is 407 Å². The van der Waals surface area contributed by atoms with Crippen molar-refractivity contribution in [1.29, 1.82) is 0 Å². The highest BCUT2D eigenvalue weighted by Crippen LogP contribution is 2.26. The van der Waals surface area contributed by atoms with Gasteiger partial charge in [-0.3, -0.25) is 0 Å². The van der Waals surface area contributed by atoms with Crippen molar-refractivity contribution in [3.8, 4) is 5.75 Å². The van der Waals surface area contributed by atoms with Crippen molar-refractivity contribution >= 4 is 0 Å². The maximum Gasteiger partial charge on any atom is 0.313 e. The van der Waals surface area contributed by atoms with E-state index in [0.717, 1.165) is 0 Å². The van der Waals surface area contributed by atoms with Crippen molar-refractivity contribution < 1.29 is 68.7 Å². The second-order valence-electron chi connectivity index (χ2n) is 49.0. The molecular weight excluding hydrogens is 1720 g/mol. The second-order valence-corrected chi connectivity index (χ2v) is 58.9. The number of halogens is 3. The predicted octanol–water partition coefficient (Wildman–Crippen LogP) is 27.5. The van der Waals surface area contributed by atoms with E-state index in [1.54, 1.807) is 15.7 Å². The van der Waals surface area contributed by atoms with Crippen molar-refractivity contribution in [2.75, 3.05) is 17.7 Å². The number of phenols is 1. The minimum Gasteiger partial charge on any atom is -0.508 e. The first-order valence-electron chi connectivity index (χ1n) is 43.3. The number of rotatable bonds is 12. The fraction of sp³-hybridized carbons (Fsp3) is 0.673. The molecule has 6 aromatic carbocycles. The molecule has 6 aromatic rings. The molecule has 0 atom stereocenters. The van der Waals surface area contributed by atoms with Gasteiger partial charge in [-0.1, -0.05) is 479 Å². The van der Waals surface area contributed by atoms with Crippen molar-refractivity contribution in [3.63, 3.8) is 0 Å². The number of phenolic OH excluding ortho intramolecular Hbond substituents is 1. The first-order valence-corrected chi connectivity index (χ1v) is 51.6. The summed E-state index contributed by atoms with van der Waals surface area (Å²) < 4.78 is 8.79. The summed E-state index contributed by atoms with van der Waals surface area (Å²) in [6, 6.07) is 60.8. The van der Waals surface area contributed by atoms with Crippen LogP contribution in [0, 0.1) is 61.3 Å². The van der Waals surface area contributed by atoms with Crippen LogP contribution in [0.3, 0.4) is 0 Å². The summed E-state index contributed by atoms with van der Waals surface area (Å²) in [5.74, 6) is 0.373. The van der Waals surface area contributed by atoms with Crippen LogP contribution in [0.25, 0.3) is 0 Å². The van der Waals surface area contributed by atoms with Crippen LogP contribution in [-0.4, -0.2) is 22.8 Å². The van der Waals surface area contributed by atoms with E-state index in [9.17, 15) is 0 Å². The molecule has 4 heteroatoms. The summed E-state index contributed by atoms with van der Waals surface area (Å²) in [7, 11) is 0. The van der Waals surface area contributed by atoms with Crippen molar-refractivity contribution in [1.82, 2.24) is 0 Å². The summed E-state index contributed by atoms with van der Waals surface area (Å²) in [5.41, 5.74) is 11.8. The molecule has 1 N–H and O–H groups in total. The van der Waals surface area contributed by atoms with Gasteiger partial charge in [0, 0.05) is 0 Å². The Morgan fingerprint density at radius 2 is 0.368 bits per heavy atom. The Morgan fingerprint density at radius 3 is 0.518 bits per heavy atom. The molecule has 0 aromatic heterocycles. The first-order chi connectivity index (χ1) is 50.5. The van der Waals surface area contributed by atoms with E-state index in [-0.39, 0.29) is 42.4 Å². The van der Waals surface area contributed by atoms with Gasteiger partial charge in [-0.05, 0) is 180 Å². The van der Waals surface area contributed by atoms with Gasteiger partial charge in [0.05, 0.1) is 0 Å². The van der Waals surface area contributed by atoms with E-state index in [1.807, 2.05) is 0 Å². The van der Waals surface area contributed by atoms with Crippen molar-refractivity contribution in [2.24, 2.45) is 54.1 Å². The highest BCUT2D eigenvalue weighted by atomic mass is 127. The fourth-order valence-electron chi connectivity index (χ4n) is 7.16. The lowest BCUT2D eigenvalue weighted by Gasteiger charge is -2.18. The average molecular weight is 1920 g/mol. The summed E-state index contributed by atoms with van der Waals surface area (Å²) in [6.07, 6.45) is 8.27. The van der Waals surface area contributed by atoms with Gasteiger partial charge in [-0.15, -0.1) is 0 Å². The Bertz CT molecular complexity index is 2650. The standard InChI is InChI=1S/C13H19IO.C13H20I.4C10H14.C9H20I.7C5H12/c1-13(2,3)9-4-10-14-11-5-7-12(15)8-6-11;1-13(2,3)10-7-11-14-12-8-5-4-6-9-12;4*1-10(2,3)9-7-5-4-6-8-9;1-5-10-8-6-7-9(2,3)4;7*1-5(2,3)4/h5-8H,4,9-10H2,1-3H3;4-6,8-9H,7,10-11H2,1-3H3;4*4-8H,1-3H3;5-8H2,1-4H3;7*1-4H3/q;+1;;;;;+1;;;;;;;/p+1. The van der Waals surface area contributed by atoms with Crippen LogP contribution in [-0.2, 0) is 21.7 Å². The molecule has 6 rings (SSSR count). The molecule has 114 heavy (non-hydrogen) atoms. The van der Waals surface area contributed by atoms with Crippen molar-refractivity contribution in [3.05, 3.63) is 205 Å². The van der Waals surface area contributed by atoms with Gasteiger partial charge >= 0.3 is 42.4 Å². The van der Waals surface area contributed by atoms with Gasteiger partial charge in [0.2, 0.25) is 0 Å². The van der Waals surface area contributed by atoms with Crippen LogP contribution < -0.4 is 63.6 Å². The van der Waals surface area contributed by atoms with Gasteiger partial charge in [0.15, 0.2) is 7.14 Å². The van der Waals surface area contributed by atoms with Crippen molar-refractivity contribution in [2.45, 2.75) is 406 Å². The molecule has 0 amide bonds. The van der Waals surface area contributed by atoms with Gasteiger partial charge in [-0.25, -0.2) is 0 Å². The van der Waals surface area contributed by atoms with E-state index >= 15 is 0 Å². The number of aromatic hydroxyl groups is 1. The number of hydrogen-bond donors (Lipinski definition) is 1. The van der Waals surface area contributed by atoms with E-state index in [1.165, 1.54) is 82.1 Å². The smallest absolute Gasteiger partial charge is 0.313 e. The molecule has 1 nitrogen and oxygen atoms in total. The zero-order valence-electron chi connectivity index (χ0n) is 85.9. The minimum absolute atomic E-state index is 0.148. The second kappa shape index (κ2) is 63.3. The largest absolute Gasteiger partial charge is 0.508 e. The Morgan fingerprint density at radius 1 is 0.211 bits per heavy atom. The highest BCUT2D eigenvalue weighted by Gasteiger charge is 2.19. The lowest BCUT2D eigenvalue weighted by molar-refractivity contribution is -0.652. The molecule has 0 saturated heterocycles. The molecule has 0 unspecified atom stereocenters. The Hall–Kier alpha value is -2.69. The predicted molar refractivity (Wildman–Crippen MR) is 520 cm³/mol. The molecule has 0 spiro atoms. The summed E-state index contributed by atoms with van der Waals surface area (Å²) in [4.78, 5) is 0. The SMILES string of the molecule is CC(C)(C)C.CC(C)(C)C.CC(C)(C)C.CC(C)(C)C.CC(C)(C)C.CC(C)(C)C.CC(C)(C)C.CC(C)(C)CCC[I+]c1ccc(O)cc1.CC(C)(C)CCC[I+]c1ccccc1.CC(C)(C)c1ccccc1.CC(C)(C)c1ccccc1.CC(C)(C)c1ccccc1.CC(C)(C)c1ccccc1.CC[I+]CCCC(C)(C)C. The molecule has 0 bridgehead atoms. The maximum atomic E-state index is 9.15. The third kappa shape index (κ3) is 144. The fourth-order valence-corrected chi connectivity index (χ4v) is 13.4. The maximum absolute atomic E-state index is 9.15. The zero-order valence-corrected chi connectivity index (χ0v) is 92.4. The molecule has 0 aliphatic heterocycles. The lowest BCUT2D eigenvalue weighted by atomic mass is 9.87. The Kier molecular flexibility index (Phi) is 70.5. The minimum atomic E-state index is 0.148. The summed E-state index contributed by atoms with van der Waals surface area (Å²) in [6.45, 7) is 111. The van der Waals surface area contributed by atoms with E-state index in [2.05, 4.69) is 510 Å². The van der Waals surface area contributed by atoms with E-state index < -0.39 is 0 Å². The molecule has 0 aliphatic rings. The molecule has 0 aliphatic carbocycles. The molecule has 0 saturated carbocycles. The van der Waals surface area contributed by atoms with Crippen LogP contribution >= 0.6 is 0 Å². The zero-order chi connectivity index (χ0) is 91.7. The monoisotopic (exact) mass is 1920 g/mol. The molecule has 0 fully saturated rings. The summed E-state index contributed by atoms with van der Waals surface area (Å²) in [5, 5.41) is 9.15. The third-order valence-corrected chi connectivity index (χ3v) is 20.5. The quantitative estimate of drug-likeness (QED) is 0.0736. The van der Waals surface area contributed by atoms with Gasteiger partial charge in [0.1, 0.15) is 23.5 Å². The number of benzene rings is 6. The van der Waals surface area contributed by atoms with Crippen LogP contribution in [0.4, 0.5) is 0 Å². The first kappa shape index (κ1) is 127. The molecule has 0 heterocycles. The number of alkyl halides is 4. The topological polar surface area (TPSA) is 20.2 Å². The van der Waals surface area contributed by atoms with Gasteiger partial charge in [-0.2, -0.15) is 0 Å². The van der Waals surface area contributed by atoms with Gasteiger partial charge < -0.3 is 5.11 Å². The number of hydrogen-bond acceptors (Lipinski definition) is 1. The Labute approximate surface area is 751 Å². The van der Waals surface area contributed by atoms with Crippen LogP contribution in [0.2, 0.25) is 0 Å². The molecule has 664 valence electrons. The normalized spacial score (nSPS) is 11.7. The molecule has 0 radical (unpaired) electrons. The van der Waals surface area contributed by atoms with Crippen LogP contribution in [0.15, 0.2) is 176 Å². The molecular formula is C110H200I3O+3. The van der Waals surface area contributed by atoms with Gasteiger partial charge in [0.25, 0.3) is 21.2 Å². The van der Waals surface area contributed by atoms with Crippen LogP contribution in [0.5, 0.6) is 5.75 Å². The van der Waals surface area contributed by atoms with E-state index in [4.69, 9.17) is 5.11 Å².